The van der Waals surface area contributed by atoms with E-state index in [1.54, 1.807) is 0 Å². The maximum absolute atomic E-state index is 5.49. The largest absolute Gasteiger partial charge is 0.330 e. The summed E-state index contributed by atoms with van der Waals surface area (Å²) in [4.78, 5) is 0. The number of thiol groups is 1. The summed E-state index contributed by atoms with van der Waals surface area (Å²) in [5.74, 6) is 0. The van der Waals surface area contributed by atoms with Crippen LogP contribution in [0.3, 0.4) is 0 Å². The van der Waals surface area contributed by atoms with Crippen molar-refractivity contribution < 1.29 is 0 Å². The minimum absolute atomic E-state index is 0.178. The molecular weight excluding hydrogens is 168 g/mol. The van der Waals surface area contributed by atoms with Gasteiger partial charge in [-0.3, -0.25) is 0 Å². The lowest BCUT2D eigenvalue weighted by molar-refractivity contribution is 0.366. The summed E-state index contributed by atoms with van der Waals surface area (Å²) in [6, 6.07) is 0. The molecule has 3 N–H and O–H groups in total. The molecule has 0 aromatic carbocycles. The summed E-state index contributed by atoms with van der Waals surface area (Å²) in [6.45, 7) is 8.25. The van der Waals surface area contributed by atoms with Gasteiger partial charge in [0, 0.05) is 10.8 Å². The molecule has 0 aromatic heterocycles. The first kappa shape index (κ1) is 12.3. The van der Waals surface area contributed by atoms with Gasteiger partial charge >= 0.3 is 0 Å². The van der Waals surface area contributed by atoms with E-state index < -0.39 is 0 Å². The quantitative estimate of drug-likeness (QED) is 0.554. The zero-order chi connectivity index (χ0) is 9.61. The van der Waals surface area contributed by atoms with Crippen molar-refractivity contribution in [2.24, 2.45) is 5.73 Å². The van der Waals surface area contributed by atoms with Crippen molar-refractivity contribution in [2.45, 2.75) is 44.4 Å². The van der Waals surface area contributed by atoms with Crippen LogP contribution in [0.5, 0.6) is 0 Å². The van der Waals surface area contributed by atoms with E-state index in [4.69, 9.17) is 5.73 Å². The van der Waals surface area contributed by atoms with Gasteiger partial charge in [-0.2, -0.15) is 12.6 Å². The predicted octanol–water partition coefficient (Wildman–Crippen LogP) is 1.41. The first-order valence-corrected chi connectivity index (χ1v) is 5.13. The van der Waals surface area contributed by atoms with E-state index in [2.05, 4.69) is 38.7 Å². The van der Waals surface area contributed by atoms with Gasteiger partial charge in [-0.1, -0.05) is 6.92 Å². The van der Waals surface area contributed by atoms with Gasteiger partial charge in [0.2, 0.25) is 0 Å². The molecule has 0 aliphatic rings. The van der Waals surface area contributed by atoms with Crippen molar-refractivity contribution in [3.8, 4) is 0 Å². The Hall–Kier alpha value is 0.270. The normalized spacial score (nSPS) is 14.8. The highest BCUT2D eigenvalue weighted by atomic mass is 32.1. The minimum Gasteiger partial charge on any atom is -0.330 e. The van der Waals surface area contributed by atoms with Crippen LogP contribution in [-0.4, -0.2) is 23.9 Å². The Morgan fingerprint density at radius 2 is 2.08 bits per heavy atom. The standard InChI is InChI=1S/C9H22N2S/c1-8(12)4-7-11-9(2,3)5-6-10/h8,11-12H,4-7,10H2,1-3H3. The van der Waals surface area contributed by atoms with Crippen LogP contribution in [0.4, 0.5) is 0 Å². The first-order valence-electron chi connectivity index (χ1n) is 4.61. The van der Waals surface area contributed by atoms with Crippen molar-refractivity contribution in [3.63, 3.8) is 0 Å². The van der Waals surface area contributed by atoms with Gasteiger partial charge in [-0.15, -0.1) is 0 Å². The van der Waals surface area contributed by atoms with Crippen LogP contribution >= 0.6 is 12.6 Å². The third-order valence-corrected chi connectivity index (χ3v) is 2.19. The number of hydrogen-bond acceptors (Lipinski definition) is 3. The zero-order valence-electron chi connectivity index (χ0n) is 8.43. The number of nitrogens with one attached hydrogen (secondary N) is 1. The van der Waals surface area contributed by atoms with Crippen LogP contribution in [-0.2, 0) is 0 Å². The van der Waals surface area contributed by atoms with Gasteiger partial charge in [-0.25, -0.2) is 0 Å². The molecule has 2 nitrogen and oxygen atoms in total. The smallest absolute Gasteiger partial charge is 0.0137 e. The van der Waals surface area contributed by atoms with Gasteiger partial charge in [0.15, 0.2) is 0 Å². The molecule has 0 saturated carbocycles. The van der Waals surface area contributed by atoms with E-state index in [0.29, 0.717) is 5.25 Å². The Labute approximate surface area is 81.7 Å². The van der Waals surface area contributed by atoms with Crippen molar-refractivity contribution in [1.82, 2.24) is 5.32 Å². The molecule has 0 aliphatic heterocycles. The third-order valence-electron chi connectivity index (χ3n) is 1.94. The van der Waals surface area contributed by atoms with Crippen LogP contribution in [0, 0.1) is 0 Å². The molecule has 0 saturated heterocycles. The molecule has 0 aliphatic carbocycles. The number of rotatable bonds is 6. The maximum Gasteiger partial charge on any atom is 0.0137 e. The molecule has 0 spiro atoms. The lowest BCUT2D eigenvalue weighted by Crippen LogP contribution is -2.41. The molecule has 1 unspecified atom stereocenters. The van der Waals surface area contributed by atoms with Crippen LogP contribution < -0.4 is 11.1 Å². The lowest BCUT2D eigenvalue weighted by atomic mass is 10.0. The van der Waals surface area contributed by atoms with Gasteiger partial charge < -0.3 is 11.1 Å². The van der Waals surface area contributed by atoms with Gasteiger partial charge in [0.25, 0.3) is 0 Å². The highest BCUT2D eigenvalue weighted by Gasteiger charge is 2.14. The highest BCUT2D eigenvalue weighted by molar-refractivity contribution is 7.80. The Morgan fingerprint density at radius 3 is 2.50 bits per heavy atom. The molecule has 3 heteroatoms. The predicted molar refractivity (Wildman–Crippen MR) is 58.8 cm³/mol. The second-order valence-electron chi connectivity index (χ2n) is 3.99. The van der Waals surface area contributed by atoms with E-state index in [1.807, 2.05) is 0 Å². The topological polar surface area (TPSA) is 38.0 Å². The second kappa shape index (κ2) is 5.84. The Bertz CT molecular complexity index is 113. The molecule has 0 heterocycles. The Kier molecular flexibility index (Phi) is 5.97. The molecule has 0 aromatic rings. The summed E-state index contributed by atoms with van der Waals surface area (Å²) in [5, 5.41) is 3.94. The van der Waals surface area contributed by atoms with Crippen LogP contribution in [0.2, 0.25) is 0 Å². The molecule has 0 amide bonds. The second-order valence-corrected chi connectivity index (χ2v) is 4.87. The van der Waals surface area contributed by atoms with E-state index in [9.17, 15) is 0 Å². The number of nitrogens with two attached hydrogens (primary N) is 1. The maximum atomic E-state index is 5.49. The molecule has 12 heavy (non-hydrogen) atoms. The van der Waals surface area contributed by atoms with Crippen molar-refractivity contribution in [2.75, 3.05) is 13.1 Å². The molecule has 0 rings (SSSR count). The minimum atomic E-state index is 0.178. The molecule has 0 fully saturated rings. The monoisotopic (exact) mass is 190 g/mol. The lowest BCUT2D eigenvalue weighted by Gasteiger charge is -2.26. The fourth-order valence-electron chi connectivity index (χ4n) is 1.07. The van der Waals surface area contributed by atoms with Crippen LogP contribution in [0.1, 0.15) is 33.6 Å². The van der Waals surface area contributed by atoms with E-state index in [1.165, 1.54) is 0 Å². The summed E-state index contributed by atoms with van der Waals surface area (Å²) >= 11 is 4.32. The molecule has 1 atom stereocenters. The molecule has 0 radical (unpaired) electrons. The van der Waals surface area contributed by atoms with Crippen molar-refractivity contribution in [3.05, 3.63) is 0 Å². The third kappa shape index (κ3) is 6.95. The summed E-state index contributed by atoms with van der Waals surface area (Å²) in [7, 11) is 0. The first-order chi connectivity index (χ1) is 5.48. The molecular formula is C9H22N2S. The van der Waals surface area contributed by atoms with E-state index in [-0.39, 0.29) is 5.54 Å². The number of hydrogen-bond donors (Lipinski definition) is 3. The summed E-state index contributed by atoms with van der Waals surface area (Å²) in [5.41, 5.74) is 5.67. The summed E-state index contributed by atoms with van der Waals surface area (Å²) in [6.07, 6.45) is 2.13. The van der Waals surface area contributed by atoms with Gasteiger partial charge in [-0.05, 0) is 39.8 Å². The van der Waals surface area contributed by atoms with Crippen LogP contribution in [0.15, 0.2) is 0 Å². The Balaban J connectivity index is 3.46. The van der Waals surface area contributed by atoms with Crippen molar-refractivity contribution >= 4 is 12.6 Å². The molecule has 74 valence electrons. The van der Waals surface area contributed by atoms with Gasteiger partial charge in [0.05, 0.1) is 0 Å². The van der Waals surface area contributed by atoms with E-state index >= 15 is 0 Å². The SMILES string of the molecule is CC(S)CCNC(C)(C)CCN. The van der Waals surface area contributed by atoms with Crippen molar-refractivity contribution in [1.29, 1.82) is 0 Å². The summed E-state index contributed by atoms with van der Waals surface area (Å²) < 4.78 is 0. The zero-order valence-corrected chi connectivity index (χ0v) is 9.32. The van der Waals surface area contributed by atoms with Gasteiger partial charge in [0.1, 0.15) is 0 Å². The van der Waals surface area contributed by atoms with Crippen LogP contribution in [0.25, 0.3) is 0 Å². The Morgan fingerprint density at radius 1 is 1.50 bits per heavy atom. The van der Waals surface area contributed by atoms with E-state index in [0.717, 1.165) is 25.9 Å². The average molecular weight is 190 g/mol. The fraction of sp³-hybridized carbons (Fsp3) is 1.00. The highest BCUT2D eigenvalue weighted by Crippen LogP contribution is 2.07. The average Bonchev–Trinajstić information content (AvgIpc) is 1.85. The molecule has 0 bridgehead atoms. The fourth-order valence-corrected chi connectivity index (χ4v) is 1.20.